The molecule has 0 spiro atoms. The van der Waals surface area contributed by atoms with Gasteiger partial charge in [-0.2, -0.15) is 0 Å². The SMILES string of the molecule is CCC(N)CC(=O)NC1CCOC1C. The maximum atomic E-state index is 11.5. The highest BCUT2D eigenvalue weighted by Crippen LogP contribution is 2.12. The molecular formula is C10H20N2O2. The highest BCUT2D eigenvalue weighted by molar-refractivity contribution is 5.76. The molecule has 1 aliphatic heterocycles. The Morgan fingerprint density at radius 3 is 2.93 bits per heavy atom. The quantitative estimate of drug-likeness (QED) is 0.690. The Morgan fingerprint density at radius 2 is 2.43 bits per heavy atom. The van der Waals surface area contributed by atoms with Crippen LogP contribution in [0.25, 0.3) is 0 Å². The van der Waals surface area contributed by atoms with Crippen molar-refractivity contribution in [3.63, 3.8) is 0 Å². The van der Waals surface area contributed by atoms with Crippen LogP contribution in [0.4, 0.5) is 0 Å². The van der Waals surface area contributed by atoms with Crippen LogP contribution in [-0.2, 0) is 9.53 Å². The number of amides is 1. The number of carbonyl (C=O) groups excluding carboxylic acids is 1. The van der Waals surface area contributed by atoms with Crippen LogP contribution in [0.3, 0.4) is 0 Å². The van der Waals surface area contributed by atoms with E-state index >= 15 is 0 Å². The summed E-state index contributed by atoms with van der Waals surface area (Å²) in [6.45, 7) is 4.71. The number of rotatable bonds is 4. The van der Waals surface area contributed by atoms with Crippen molar-refractivity contribution in [2.45, 2.75) is 51.3 Å². The highest BCUT2D eigenvalue weighted by atomic mass is 16.5. The normalized spacial score (nSPS) is 28.8. The van der Waals surface area contributed by atoms with Crippen LogP contribution in [0.1, 0.15) is 33.1 Å². The number of carbonyl (C=O) groups is 1. The lowest BCUT2D eigenvalue weighted by molar-refractivity contribution is -0.122. The Labute approximate surface area is 85.2 Å². The zero-order valence-electron chi connectivity index (χ0n) is 8.95. The Bertz CT molecular complexity index is 197. The number of nitrogens with one attached hydrogen (secondary N) is 1. The van der Waals surface area contributed by atoms with Crippen molar-refractivity contribution < 1.29 is 9.53 Å². The molecule has 3 unspecified atom stereocenters. The predicted octanol–water partition coefficient (Wildman–Crippen LogP) is 0.407. The number of ether oxygens (including phenoxy) is 1. The molecule has 1 rings (SSSR count). The molecule has 4 nitrogen and oxygen atoms in total. The topological polar surface area (TPSA) is 64.4 Å². The molecule has 1 saturated heterocycles. The second-order valence-electron chi connectivity index (χ2n) is 3.91. The molecule has 0 bridgehead atoms. The predicted molar refractivity (Wildman–Crippen MR) is 54.8 cm³/mol. The Hall–Kier alpha value is -0.610. The molecule has 3 atom stereocenters. The molecule has 0 aromatic heterocycles. The van der Waals surface area contributed by atoms with E-state index in [0.29, 0.717) is 6.42 Å². The van der Waals surface area contributed by atoms with Crippen molar-refractivity contribution in [2.24, 2.45) is 5.73 Å². The van der Waals surface area contributed by atoms with E-state index in [0.717, 1.165) is 19.4 Å². The van der Waals surface area contributed by atoms with Gasteiger partial charge in [0, 0.05) is 19.1 Å². The zero-order valence-corrected chi connectivity index (χ0v) is 8.95. The van der Waals surface area contributed by atoms with Crippen LogP contribution in [0.15, 0.2) is 0 Å². The fourth-order valence-electron chi connectivity index (χ4n) is 1.57. The maximum Gasteiger partial charge on any atom is 0.221 e. The minimum atomic E-state index is -0.0207. The van der Waals surface area contributed by atoms with E-state index in [4.69, 9.17) is 10.5 Å². The fourth-order valence-corrected chi connectivity index (χ4v) is 1.57. The number of hydrogen-bond acceptors (Lipinski definition) is 3. The van der Waals surface area contributed by atoms with E-state index in [9.17, 15) is 4.79 Å². The average molecular weight is 200 g/mol. The first-order valence-electron chi connectivity index (χ1n) is 5.30. The van der Waals surface area contributed by atoms with Gasteiger partial charge in [0.2, 0.25) is 5.91 Å². The molecule has 0 saturated carbocycles. The maximum absolute atomic E-state index is 11.5. The summed E-state index contributed by atoms with van der Waals surface area (Å²) in [7, 11) is 0. The highest BCUT2D eigenvalue weighted by Gasteiger charge is 2.25. The molecule has 1 aliphatic rings. The second-order valence-corrected chi connectivity index (χ2v) is 3.91. The number of nitrogens with two attached hydrogens (primary N) is 1. The first-order chi connectivity index (χ1) is 6.63. The van der Waals surface area contributed by atoms with Gasteiger partial charge in [0.1, 0.15) is 0 Å². The van der Waals surface area contributed by atoms with Gasteiger partial charge in [-0.05, 0) is 19.8 Å². The molecule has 0 aromatic carbocycles. The van der Waals surface area contributed by atoms with Crippen molar-refractivity contribution in [1.82, 2.24) is 5.32 Å². The van der Waals surface area contributed by atoms with Crippen LogP contribution >= 0.6 is 0 Å². The summed E-state index contributed by atoms with van der Waals surface area (Å²) in [5, 5.41) is 2.95. The van der Waals surface area contributed by atoms with E-state index in [2.05, 4.69) is 5.32 Å². The number of hydrogen-bond donors (Lipinski definition) is 2. The third kappa shape index (κ3) is 3.27. The van der Waals surface area contributed by atoms with Gasteiger partial charge in [-0.15, -0.1) is 0 Å². The lowest BCUT2D eigenvalue weighted by atomic mass is 10.1. The molecule has 4 heteroatoms. The van der Waals surface area contributed by atoms with Gasteiger partial charge in [0.25, 0.3) is 0 Å². The van der Waals surface area contributed by atoms with E-state index in [-0.39, 0.29) is 24.1 Å². The minimum absolute atomic E-state index is 0.0207. The van der Waals surface area contributed by atoms with Crippen molar-refractivity contribution in [3.05, 3.63) is 0 Å². The molecule has 82 valence electrons. The molecule has 3 N–H and O–H groups in total. The van der Waals surface area contributed by atoms with E-state index < -0.39 is 0 Å². The second kappa shape index (κ2) is 5.32. The van der Waals surface area contributed by atoms with Gasteiger partial charge >= 0.3 is 0 Å². The monoisotopic (exact) mass is 200 g/mol. The molecular weight excluding hydrogens is 180 g/mol. The van der Waals surface area contributed by atoms with Crippen molar-refractivity contribution in [3.8, 4) is 0 Å². The first kappa shape index (κ1) is 11.5. The fraction of sp³-hybridized carbons (Fsp3) is 0.900. The van der Waals surface area contributed by atoms with Crippen molar-refractivity contribution in [1.29, 1.82) is 0 Å². The Morgan fingerprint density at radius 1 is 1.71 bits per heavy atom. The van der Waals surface area contributed by atoms with Crippen LogP contribution in [-0.4, -0.2) is 30.7 Å². The lowest BCUT2D eigenvalue weighted by Gasteiger charge is -2.17. The summed E-state index contributed by atoms with van der Waals surface area (Å²) in [4.78, 5) is 11.5. The molecule has 1 amide bonds. The molecule has 14 heavy (non-hydrogen) atoms. The average Bonchev–Trinajstić information content (AvgIpc) is 2.51. The summed E-state index contributed by atoms with van der Waals surface area (Å²) >= 11 is 0. The smallest absolute Gasteiger partial charge is 0.221 e. The third-order valence-corrected chi connectivity index (χ3v) is 2.69. The van der Waals surface area contributed by atoms with Crippen LogP contribution in [0, 0.1) is 0 Å². The standard InChI is InChI=1S/C10H20N2O2/c1-3-8(11)6-10(13)12-9-4-5-14-7(9)2/h7-9H,3-6,11H2,1-2H3,(H,12,13). The van der Waals surface area contributed by atoms with Gasteiger partial charge in [0.05, 0.1) is 12.1 Å². The largest absolute Gasteiger partial charge is 0.376 e. The van der Waals surface area contributed by atoms with E-state index in [1.807, 2.05) is 13.8 Å². The summed E-state index contributed by atoms with van der Waals surface area (Å²) in [5.74, 6) is 0.0432. The van der Waals surface area contributed by atoms with Crippen LogP contribution < -0.4 is 11.1 Å². The van der Waals surface area contributed by atoms with Crippen molar-refractivity contribution >= 4 is 5.91 Å². The van der Waals surface area contributed by atoms with Crippen LogP contribution in [0.5, 0.6) is 0 Å². The lowest BCUT2D eigenvalue weighted by Crippen LogP contribution is -2.41. The van der Waals surface area contributed by atoms with Gasteiger partial charge in [0.15, 0.2) is 0 Å². The zero-order chi connectivity index (χ0) is 10.6. The van der Waals surface area contributed by atoms with E-state index in [1.54, 1.807) is 0 Å². The third-order valence-electron chi connectivity index (χ3n) is 2.69. The molecule has 0 radical (unpaired) electrons. The minimum Gasteiger partial charge on any atom is -0.376 e. The molecule has 1 fully saturated rings. The Kier molecular flexibility index (Phi) is 4.35. The first-order valence-corrected chi connectivity index (χ1v) is 5.30. The summed E-state index contributed by atoms with van der Waals surface area (Å²) in [5.41, 5.74) is 5.69. The summed E-state index contributed by atoms with van der Waals surface area (Å²) in [6, 6.07) is 0.152. The van der Waals surface area contributed by atoms with Gasteiger partial charge in [-0.3, -0.25) is 4.79 Å². The summed E-state index contributed by atoms with van der Waals surface area (Å²) < 4.78 is 5.35. The molecule has 0 aromatic rings. The summed E-state index contributed by atoms with van der Waals surface area (Å²) in [6.07, 6.45) is 2.30. The van der Waals surface area contributed by atoms with E-state index in [1.165, 1.54) is 0 Å². The Balaban J connectivity index is 2.26. The van der Waals surface area contributed by atoms with Gasteiger partial charge < -0.3 is 15.8 Å². The van der Waals surface area contributed by atoms with Crippen molar-refractivity contribution in [2.75, 3.05) is 6.61 Å². The van der Waals surface area contributed by atoms with Crippen LogP contribution in [0.2, 0.25) is 0 Å². The van der Waals surface area contributed by atoms with Gasteiger partial charge in [-0.1, -0.05) is 6.92 Å². The van der Waals surface area contributed by atoms with Gasteiger partial charge in [-0.25, -0.2) is 0 Å². The molecule has 1 heterocycles. The molecule has 0 aliphatic carbocycles.